The van der Waals surface area contributed by atoms with E-state index in [4.69, 9.17) is 16.3 Å². The van der Waals surface area contributed by atoms with E-state index in [-0.39, 0.29) is 5.28 Å². The third-order valence-corrected chi connectivity index (χ3v) is 3.25. The lowest BCUT2D eigenvalue weighted by molar-refractivity contribution is 0.134. The number of anilines is 2. The Bertz CT molecular complexity index is 412. The largest absolute Gasteiger partial charge is 0.381 e. The minimum absolute atomic E-state index is 0.242. The van der Waals surface area contributed by atoms with Crippen LogP contribution in [0.15, 0.2) is 0 Å². The lowest BCUT2D eigenvalue weighted by Gasteiger charge is -2.15. The van der Waals surface area contributed by atoms with Crippen LogP contribution in [0.25, 0.3) is 0 Å². The fourth-order valence-electron chi connectivity index (χ4n) is 2.10. The first-order valence-electron chi connectivity index (χ1n) is 7.27. The number of nitrogens with one attached hydrogen (secondary N) is 1. The number of rotatable bonds is 8. The molecular formula is C13H22ClN5O. The summed E-state index contributed by atoms with van der Waals surface area (Å²) in [6, 6.07) is 0. The van der Waals surface area contributed by atoms with Crippen molar-refractivity contribution in [3.63, 3.8) is 0 Å². The Balaban J connectivity index is 1.81. The molecule has 112 valence electrons. The number of ether oxygens (including phenoxy) is 1. The van der Waals surface area contributed by atoms with Gasteiger partial charge in [-0.2, -0.15) is 15.0 Å². The van der Waals surface area contributed by atoms with Crippen LogP contribution >= 0.6 is 11.6 Å². The van der Waals surface area contributed by atoms with Crippen LogP contribution in [-0.2, 0) is 4.74 Å². The Kier molecular flexibility index (Phi) is 6.26. The third kappa shape index (κ3) is 4.76. The molecule has 0 unspecified atom stereocenters. The summed E-state index contributed by atoms with van der Waals surface area (Å²) >= 11 is 5.96. The van der Waals surface area contributed by atoms with Gasteiger partial charge in [0, 0.05) is 32.8 Å². The maximum Gasteiger partial charge on any atom is 0.231 e. The van der Waals surface area contributed by atoms with Crippen molar-refractivity contribution in [2.75, 3.05) is 43.1 Å². The highest BCUT2D eigenvalue weighted by atomic mass is 35.5. The van der Waals surface area contributed by atoms with Gasteiger partial charge in [0.2, 0.25) is 17.2 Å². The van der Waals surface area contributed by atoms with E-state index in [0.29, 0.717) is 11.9 Å². The first-order chi connectivity index (χ1) is 9.79. The number of aromatic nitrogens is 3. The fraction of sp³-hybridized carbons (Fsp3) is 0.769. The highest BCUT2D eigenvalue weighted by Crippen LogP contribution is 2.18. The van der Waals surface area contributed by atoms with Crippen molar-refractivity contribution in [1.82, 2.24) is 15.0 Å². The minimum Gasteiger partial charge on any atom is -0.381 e. The molecule has 0 spiro atoms. The molecule has 1 aromatic rings. The van der Waals surface area contributed by atoms with Gasteiger partial charge in [-0.3, -0.25) is 0 Å². The summed E-state index contributed by atoms with van der Waals surface area (Å²) < 4.78 is 5.42. The molecule has 2 rings (SSSR count). The van der Waals surface area contributed by atoms with Crippen LogP contribution in [0, 0.1) is 0 Å². The summed E-state index contributed by atoms with van der Waals surface area (Å²) in [6.45, 7) is 6.42. The third-order valence-electron chi connectivity index (χ3n) is 3.08. The van der Waals surface area contributed by atoms with Gasteiger partial charge < -0.3 is 15.0 Å². The molecule has 0 bridgehead atoms. The highest BCUT2D eigenvalue weighted by Gasteiger charge is 2.16. The monoisotopic (exact) mass is 299 g/mol. The van der Waals surface area contributed by atoms with Gasteiger partial charge in [-0.15, -0.1) is 0 Å². The molecule has 1 saturated heterocycles. The van der Waals surface area contributed by atoms with Gasteiger partial charge in [-0.25, -0.2) is 0 Å². The molecule has 2 heterocycles. The second-order valence-electron chi connectivity index (χ2n) is 4.81. The van der Waals surface area contributed by atoms with Crippen molar-refractivity contribution in [3.8, 4) is 0 Å². The molecule has 1 aliphatic heterocycles. The quantitative estimate of drug-likeness (QED) is 0.744. The molecular weight excluding hydrogens is 278 g/mol. The van der Waals surface area contributed by atoms with Gasteiger partial charge in [-0.1, -0.05) is 6.92 Å². The average molecular weight is 300 g/mol. The number of halogens is 1. The molecule has 0 radical (unpaired) electrons. The normalized spacial score (nSPS) is 14.8. The van der Waals surface area contributed by atoms with Crippen molar-refractivity contribution < 1.29 is 4.74 Å². The van der Waals surface area contributed by atoms with Crippen molar-refractivity contribution in [1.29, 1.82) is 0 Å². The van der Waals surface area contributed by atoms with E-state index < -0.39 is 0 Å². The first-order valence-corrected chi connectivity index (χ1v) is 7.65. The minimum atomic E-state index is 0.242. The van der Waals surface area contributed by atoms with E-state index in [0.717, 1.165) is 45.7 Å². The van der Waals surface area contributed by atoms with Gasteiger partial charge >= 0.3 is 0 Å². The molecule has 1 aromatic heterocycles. The lowest BCUT2D eigenvalue weighted by atomic mass is 10.4. The van der Waals surface area contributed by atoms with Crippen molar-refractivity contribution >= 4 is 23.5 Å². The van der Waals surface area contributed by atoms with Crippen LogP contribution in [-0.4, -0.2) is 47.8 Å². The Morgan fingerprint density at radius 2 is 2.00 bits per heavy atom. The predicted molar refractivity (Wildman–Crippen MR) is 80.5 cm³/mol. The van der Waals surface area contributed by atoms with E-state index in [1.807, 2.05) is 0 Å². The number of nitrogens with zero attached hydrogens (tertiary/aromatic N) is 4. The van der Waals surface area contributed by atoms with E-state index in [1.165, 1.54) is 12.8 Å². The first kappa shape index (κ1) is 15.3. The van der Waals surface area contributed by atoms with Crippen LogP contribution in [0.3, 0.4) is 0 Å². The summed E-state index contributed by atoms with van der Waals surface area (Å²) in [7, 11) is 0. The van der Waals surface area contributed by atoms with Crippen LogP contribution in [0.1, 0.15) is 32.6 Å². The molecule has 1 aliphatic rings. The van der Waals surface area contributed by atoms with E-state index in [9.17, 15) is 0 Å². The van der Waals surface area contributed by atoms with E-state index in [1.54, 1.807) is 0 Å². The van der Waals surface area contributed by atoms with Crippen LogP contribution in [0.4, 0.5) is 11.9 Å². The molecule has 0 saturated carbocycles. The summed E-state index contributed by atoms with van der Waals surface area (Å²) in [6.07, 6.45) is 4.33. The van der Waals surface area contributed by atoms with Gasteiger partial charge in [0.25, 0.3) is 0 Å². The zero-order valence-corrected chi connectivity index (χ0v) is 12.7. The predicted octanol–water partition coefficient (Wildman–Crippen LogP) is 2.35. The smallest absolute Gasteiger partial charge is 0.231 e. The van der Waals surface area contributed by atoms with E-state index >= 15 is 0 Å². The summed E-state index contributed by atoms with van der Waals surface area (Å²) in [4.78, 5) is 14.9. The van der Waals surface area contributed by atoms with Gasteiger partial charge in [-0.05, 0) is 37.3 Å². The summed E-state index contributed by atoms with van der Waals surface area (Å²) in [5.41, 5.74) is 0. The molecule has 6 nitrogen and oxygen atoms in total. The molecule has 0 aliphatic carbocycles. The zero-order chi connectivity index (χ0) is 14.2. The molecule has 0 atom stereocenters. The maximum absolute atomic E-state index is 5.96. The molecule has 20 heavy (non-hydrogen) atoms. The second-order valence-corrected chi connectivity index (χ2v) is 5.15. The molecule has 0 amide bonds. The van der Waals surface area contributed by atoms with Crippen LogP contribution < -0.4 is 10.2 Å². The lowest BCUT2D eigenvalue weighted by Crippen LogP contribution is -2.21. The Labute approximate surface area is 124 Å². The zero-order valence-electron chi connectivity index (χ0n) is 11.9. The average Bonchev–Trinajstić information content (AvgIpc) is 2.96. The molecule has 1 fully saturated rings. The van der Waals surface area contributed by atoms with Crippen LogP contribution in [0.2, 0.25) is 5.28 Å². The van der Waals surface area contributed by atoms with Crippen molar-refractivity contribution in [3.05, 3.63) is 5.28 Å². The van der Waals surface area contributed by atoms with Gasteiger partial charge in [0.15, 0.2) is 0 Å². The number of hydrogen-bond donors (Lipinski definition) is 1. The molecule has 0 aromatic carbocycles. The van der Waals surface area contributed by atoms with Gasteiger partial charge in [0.05, 0.1) is 0 Å². The Morgan fingerprint density at radius 1 is 1.20 bits per heavy atom. The SMILES string of the molecule is CCCOCCCNc1nc(Cl)nc(N2CCCC2)n1. The standard InChI is InChI=1S/C13H22ClN5O/c1-2-9-20-10-5-6-15-12-16-11(14)17-13(18-12)19-7-3-4-8-19/h2-10H2,1H3,(H,15,16,17,18). The number of hydrogen-bond acceptors (Lipinski definition) is 6. The topological polar surface area (TPSA) is 63.2 Å². The summed E-state index contributed by atoms with van der Waals surface area (Å²) in [5, 5.41) is 3.42. The molecule has 7 heteroatoms. The highest BCUT2D eigenvalue weighted by molar-refractivity contribution is 6.28. The fourth-order valence-corrected chi connectivity index (χ4v) is 2.25. The maximum atomic E-state index is 5.96. The van der Waals surface area contributed by atoms with Crippen LogP contribution in [0.5, 0.6) is 0 Å². The molecule has 1 N–H and O–H groups in total. The van der Waals surface area contributed by atoms with Crippen molar-refractivity contribution in [2.45, 2.75) is 32.6 Å². The van der Waals surface area contributed by atoms with E-state index in [2.05, 4.69) is 32.1 Å². The Hall–Kier alpha value is -1.14. The summed E-state index contributed by atoms with van der Waals surface area (Å²) in [5.74, 6) is 1.22. The Morgan fingerprint density at radius 3 is 2.75 bits per heavy atom. The van der Waals surface area contributed by atoms with Gasteiger partial charge in [0.1, 0.15) is 0 Å². The second kappa shape index (κ2) is 8.21. The van der Waals surface area contributed by atoms with Crippen molar-refractivity contribution in [2.24, 2.45) is 0 Å².